The van der Waals surface area contributed by atoms with E-state index in [1.165, 1.54) is 11.0 Å². The van der Waals surface area contributed by atoms with Crippen molar-refractivity contribution in [2.75, 3.05) is 11.4 Å². The summed E-state index contributed by atoms with van der Waals surface area (Å²) in [4.78, 5) is 13.1. The van der Waals surface area contributed by atoms with Crippen LogP contribution in [-0.4, -0.2) is 18.5 Å². The van der Waals surface area contributed by atoms with Gasteiger partial charge in [0.15, 0.2) is 0 Å². The summed E-state index contributed by atoms with van der Waals surface area (Å²) in [7, 11) is 0. The van der Waals surface area contributed by atoms with Crippen LogP contribution in [0.15, 0.2) is 18.2 Å². The quantitative estimate of drug-likeness (QED) is 0.838. The van der Waals surface area contributed by atoms with Gasteiger partial charge in [-0.25, -0.2) is 0 Å². The van der Waals surface area contributed by atoms with E-state index < -0.39 is 17.8 Å². The Morgan fingerprint density at radius 3 is 2.56 bits per heavy atom. The van der Waals surface area contributed by atoms with Crippen molar-refractivity contribution in [3.8, 4) is 0 Å². The molecular formula is C12H13F3N2O. The van der Waals surface area contributed by atoms with Gasteiger partial charge in [0.1, 0.15) is 0 Å². The smallest absolute Gasteiger partial charge is 0.320 e. The van der Waals surface area contributed by atoms with E-state index in [1.807, 2.05) is 0 Å². The maximum atomic E-state index is 12.6. The van der Waals surface area contributed by atoms with Crippen molar-refractivity contribution >= 4 is 11.6 Å². The minimum Gasteiger partial charge on any atom is -0.320 e. The summed E-state index contributed by atoms with van der Waals surface area (Å²) in [5.74, 6) is -0.322. The number of anilines is 1. The van der Waals surface area contributed by atoms with Crippen molar-refractivity contribution in [2.45, 2.75) is 25.6 Å². The van der Waals surface area contributed by atoms with Gasteiger partial charge in [-0.15, -0.1) is 0 Å². The molecule has 1 atom stereocenters. The highest BCUT2D eigenvalue weighted by Gasteiger charge is 2.34. The first-order chi connectivity index (χ1) is 8.30. The lowest BCUT2D eigenvalue weighted by Crippen LogP contribution is -2.34. The average Bonchev–Trinajstić information content (AvgIpc) is 2.59. The van der Waals surface area contributed by atoms with Gasteiger partial charge in [-0.3, -0.25) is 4.79 Å². The van der Waals surface area contributed by atoms with E-state index in [2.05, 4.69) is 0 Å². The molecule has 6 heteroatoms. The summed E-state index contributed by atoms with van der Waals surface area (Å²) < 4.78 is 37.9. The van der Waals surface area contributed by atoms with Crippen LogP contribution >= 0.6 is 0 Å². The Balaban J connectivity index is 2.42. The van der Waals surface area contributed by atoms with Crippen LogP contribution in [0.4, 0.5) is 18.9 Å². The zero-order chi connectivity index (χ0) is 13.5. The first kappa shape index (κ1) is 12.9. The summed E-state index contributed by atoms with van der Waals surface area (Å²) in [6.07, 6.45) is -3.94. The van der Waals surface area contributed by atoms with Gasteiger partial charge in [0.2, 0.25) is 5.91 Å². The third kappa shape index (κ3) is 2.20. The predicted octanol–water partition coefficient (Wildman–Crippen LogP) is 2.08. The Labute approximate surface area is 102 Å². The van der Waals surface area contributed by atoms with Crippen molar-refractivity contribution in [2.24, 2.45) is 5.73 Å². The number of carbonyl (C=O) groups is 1. The number of halogens is 3. The highest BCUT2D eigenvalue weighted by atomic mass is 19.4. The lowest BCUT2D eigenvalue weighted by Gasteiger charge is -2.20. The molecule has 1 saturated heterocycles. The molecule has 0 saturated carbocycles. The van der Waals surface area contributed by atoms with Gasteiger partial charge in [0.05, 0.1) is 11.6 Å². The van der Waals surface area contributed by atoms with Crippen LogP contribution in [0.3, 0.4) is 0 Å². The zero-order valence-corrected chi connectivity index (χ0v) is 9.79. The van der Waals surface area contributed by atoms with E-state index >= 15 is 0 Å². The number of amides is 1. The molecule has 2 rings (SSSR count). The SMILES string of the molecule is Cc1ccc(C(F)(F)F)cc1N1CCC(N)C1=O. The van der Waals surface area contributed by atoms with Crippen LogP contribution in [0.1, 0.15) is 17.5 Å². The molecular weight excluding hydrogens is 245 g/mol. The minimum absolute atomic E-state index is 0.294. The molecule has 1 aromatic carbocycles. The molecule has 1 heterocycles. The third-order valence-electron chi connectivity index (χ3n) is 3.07. The fourth-order valence-corrected chi connectivity index (χ4v) is 2.02. The second-order valence-electron chi connectivity index (χ2n) is 4.38. The number of nitrogens with two attached hydrogens (primary N) is 1. The molecule has 0 aromatic heterocycles. The predicted molar refractivity (Wildman–Crippen MR) is 61.1 cm³/mol. The van der Waals surface area contributed by atoms with Crippen molar-refractivity contribution in [3.05, 3.63) is 29.3 Å². The summed E-state index contributed by atoms with van der Waals surface area (Å²) in [6, 6.07) is 2.78. The first-order valence-electron chi connectivity index (χ1n) is 5.55. The van der Waals surface area contributed by atoms with E-state index in [-0.39, 0.29) is 5.91 Å². The van der Waals surface area contributed by atoms with Crippen molar-refractivity contribution in [1.82, 2.24) is 0 Å². The van der Waals surface area contributed by atoms with E-state index in [4.69, 9.17) is 5.73 Å². The van der Waals surface area contributed by atoms with E-state index in [1.54, 1.807) is 6.92 Å². The number of alkyl halides is 3. The van der Waals surface area contributed by atoms with Gasteiger partial charge < -0.3 is 10.6 Å². The minimum atomic E-state index is -4.41. The fraction of sp³-hybridized carbons (Fsp3) is 0.417. The topological polar surface area (TPSA) is 46.3 Å². The van der Waals surface area contributed by atoms with Gasteiger partial charge in [0, 0.05) is 12.2 Å². The van der Waals surface area contributed by atoms with Crippen LogP contribution in [0, 0.1) is 6.92 Å². The maximum Gasteiger partial charge on any atom is 0.416 e. The number of rotatable bonds is 1. The Morgan fingerprint density at radius 1 is 1.39 bits per heavy atom. The molecule has 2 N–H and O–H groups in total. The standard InChI is InChI=1S/C12H13F3N2O/c1-7-2-3-8(12(13,14)15)6-10(7)17-5-4-9(16)11(17)18/h2-3,6,9H,4-5,16H2,1H3. The van der Waals surface area contributed by atoms with Crippen molar-refractivity contribution < 1.29 is 18.0 Å². The van der Waals surface area contributed by atoms with Crippen LogP contribution < -0.4 is 10.6 Å². The Morgan fingerprint density at radius 2 is 2.06 bits per heavy atom. The molecule has 98 valence electrons. The van der Waals surface area contributed by atoms with E-state index in [0.29, 0.717) is 24.2 Å². The van der Waals surface area contributed by atoms with Crippen LogP contribution in [-0.2, 0) is 11.0 Å². The number of hydrogen-bond donors (Lipinski definition) is 1. The van der Waals surface area contributed by atoms with Crippen LogP contribution in [0.2, 0.25) is 0 Å². The lowest BCUT2D eigenvalue weighted by molar-refractivity contribution is -0.137. The third-order valence-corrected chi connectivity index (χ3v) is 3.07. The van der Waals surface area contributed by atoms with Crippen LogP contribution in [0.5, 0.6) is 0 Å². The molecule has 0 spiro atoms. The van der Waals surface area contributed by atoms with Crippen LogP contribution in [0.25, 0.3) is 0 Å². The van der Waals surface area contributed by atoms with Crippen molar-refractivity contribution in [1.29, 1.82) is 0 Å². The maximum absolute atomic E-state index is 12.6. The van der Waals surface area contributed by atoms with Crippen molar-refractivity contribution in [3.63, 3.8) is 0 Å². The molecule has 1 aliphatic rings. The van der Waals surface area contributed by atoms with Gasteiger partial charge in [0.25, 0.3) is 0 Å². The highest BCUT2D eigenvalue weighted by Crippen LogP contribution is 2.34. The summed E-state index contributed by atoms with van der Waals surface area (Å²) in [6.45, 7) is 2.04. The Kier molecular flexibility index (Phi) is 3.06. The molecule has 18 heavy (non-hydrogen) atoms. The molecule has 0 bridgehead atoms. The number of hydrogen-bond acceptors (Lipinski definition) is 2. The summed E-state index contributed by atoms with van der Waals surface area (Å²) in [5, 5.41) is 0. The fourth-order valence-electron chi connectivity index (χ4n) is 2.02. The monoisotopic (exact) mass is 258 g/mol. The number of carbonyl (C=O) groups excluding carboxylic acids is 1. The Bertz CT molecular complexity index is 485. The van der Waals surface area contributed by atoms with Gasteiger partial charge in [-0.05, 0) is 31.0 Å². The molecule has 1 aliphatic heterocycles. The second-order valence-corrected chi connectivity index (χ2v) is 4.38. The first-order valence-corrected chi connectivity index (χ1v) is 5.55. The summed E-state index contributed by atoms with van der Waals surface area (Å²) >= 11 is 0. The molecule has 1 fully saturated rings. The van der Waals surface area contributed by atoms with Gasteiger partial charge in [-0.2, -0.15) is 13.2 Å². The van der Waals surface area contributed by atoms with Gasteiger partial charge in [-0.1, -0.05) is 6.07 Å². The van der Waals surface area contributed by atoms with E-state index in [0.717, 1.165) is 12.1 Å². The normalized spacial score (nSPS) is 20.6. The largest absolute Gasteiger partial charge is 0.416 e. The van der Waals surface area contributed by atoms with E-state index in [9.17, 15) is 18.0 Å². The number of benzene rings is 1. The number of aryl methyl sites for hydroxylation is 1. The second kappa shape index (κ2) is 4.28. The number of nitrogens with zero attached hydrogens (tertiary/aromatic N) is 1. The lowest BCUT2D eigenvalue weighted by atomic mass is 10.1. The zero-order valence-electron chi connectivity index (χ0n) is 9.79. The molecule has 1 aromatic rings. The molecule has 1 unspecified atom stereocenters. The van der Waals surface area contributed by atoms with Gasteiger partial charge >= 0.3 is 6.18 Å². The Hall–Kier alpha value is -1.56. The average molecular weight is 258 g/mol. The molecule has 0 aliphatic carbocycles. The highest BCUT2D eigenvalue weighted by molar-refractivity contribution is 5.99. The molecule has 3 nitrogen and oxygen atoms in total. The summed E-state index contributed by atoms with van der Waals surface area (Å²) in [5.41, 5.74) is 5.74. The molecule has 1 amide bonds. The molecule has 0 radical (unpaired) electrons.